The van der Waals surface area contributed by atoms with Crippen molar-refractivity contribution in [3.8, 4) is 0 Å². The molecule has 0 atom stereocenters. The summed E-state index contributed by atoms with van der Waals surface area (Å²) < 4.78 is 6.64. The molecule has 5 rings (SSSR count). The summed E-state index contributed by atoms with van der Waals surface area (Å²) in [6.07, 6.45) is 7.63. The van der Waals surface area contributed by atoms with Gasteiger partial charge in [-0.05, 0) is 31.2 Å². The van der Waals surface area contributed by atoms with E-state index in [1.807, 2.05) is 37.5 Å². The van der Waals surface area contributed by atoms with Crippen LogP contribution in [0.15, 0.2) is 43.2 Å². The molecule has 1 aliphatic rings. The maximum atomic E-state index is 5.56. The van der Waals surface area contributed by atoms with Crippen molar-refractivity contribution in [2.45, 2.75) is 6.92 Å². The van der Waals surface area contributed by atoms with Crippen molar-refractivity contribution >= 4 is 49.2 Å². The molecular weight excluding hydrogens is 382 g/mol. The molecule has 29 heavy (non-hydrogen) atoms. The van der Waals surface area contributed by atoms with E-state index in [2.05, 4.69) is 33.6 Å². The maximum absolute atomic E-state index is 5.56. The van der Waals surface area contributed by atoms with Gasteiger partial charge in [-0.25, -0.2) is 15.0 Å². The second-order valence-corrected chi connectivity index (χ2v) is 7.82. The van der Waals surface area contributed by atoms with Gasteiger partial charge >= 0.3 is 0 Å². The van der Waals surface area contributed by atoms with Crippen LogP contribution in [0.1, 0.15) is 24.0 Å². The number of ether oxygens (including phenoxy) is 1. The average molecular weight is 404 g/mol. The highest BCUT2D eigenvalue weighted by molar-refractivity contribution is 7.25. The number of thiophene rings is 1. The van der Waals surface area contributed by atoms with Gasteiger partial charge in [0.25, 0.3) is 0 Å². The van der Waals surface area contributed by atoms with Crippen LogP contribution in [0.4, 0.5) is 5.82 Å². The highest BCUT2D eigenvalue weighted by Crippen LogP contribution is 2.38. The SMILES string of the molecule is C=Cc1[nH]ccc1/C(=C\C)c1nc(N2CCOCC2)c2sc3ncccc3c2n1. The molecule has 1 fully saturated rings. The second-order valence-electron chi connectivity index (χ2n) is 6.82. The Bertz CT molecular complexity index is 1230. The lowest BCUT2D eigenvalue weighted by atomic mass is 10.0. The number of allylic oxidation sites excluding steroid dienone is 1. The first-order chi connectivity index (χ1) is 14.3. The predicted octanol–water partition coefficient (Wildman–Crippen LogP) is 4.50. The third kappa shape index (κ3) is 3.03. The fraction of sp³-hybridized carbons (Fsp3) is 0.227. The van der Waals surface area contributed by atoms with Crippen LogP contribution in [0.25, 0.3) is 32.1 Å². The number of hydrogen-bond acceptors (Lipinski definition) is 6. The number of fused-ring (bicyclic) bond motifs is 3. The summed E-state index contributed by atoms with van der Waals surface area (Å²) in [7, 11) is 0. The molecular formula is C22H21N5OS. The van der Waals surface area contributed by atoms with E-state index in [1.165, 1.54) is 0 Å². The predicted molar refractivity (Wildman–Crippen MR) is 119 cm³/mol. The molecule has 1 saturated heterocycles. The van der Waals surface area contributed by atoms with Gasteiger partial charge in [0.15, 0.2) is 11.6 Å². The number of nitrogens with one attached hydrogen (secondary N) is 1. The minimum Gasteiger partial charge on any atom is -0.378 e. The number of hydrogen-bond donors (Lipinski definition) is 1. The molecule has 0 aliphatic carbocycles. The average Bonchev–Trinajstić information content (AvgIpc) is 3.39. The number of morpholine rings is 1. The van der Waals surface area contributed by atoms with Crippen molar-refractivity contribution in [1.29, 1.82) is 0 Å². The van der Waals surface area contributed by atoms with E-state index in [9.17, 15) is 0 Å². The Morgan fingerprint density at radius 2 is 2.14 bits per heavy atom. The van der Waals surface area contributed by atoms with Gasteiger partial charge in [-0.15, -0.1) is 11.3 Å². The molecule has 0 saturated carbocycles. The highest BCUT2D eigenvalue weighted by Gasteiger charge is 2.22. The molecule has 0 radical (unpaired) electrons. The Kier molecular flexibility index (Phi) is 4.61. The van der Waals surface area contributed by atoms with E-state index in [-0.39, 0.29) is 0 Å². The number of rotatable bonds is 4. The van der Waals surface area contributed by atoms with Crippen LogP contribution in [0.5, 0.6) is 0 Å². The van der Waals surface area contributed by atoms with Crippen molar-refractivity contribution < 1.29 is 4.74 Å². The van der Waals surface area contributed by atoms with Gasteiger partial charge in [-0.3, -0.25) is 0 Å². The van der Waals surface area contributed by atoms with Crippen LogP contribution in [0.2, 0.25) is 0 Å². The summed E-state index contributed by atoms with van der Waals surface area (Å²) in [5.41, 5.74) is 3.96. The molecule has 7 heteroatoms. The van der Waals surface area contributed by atoms with Crippen molar-refractivity contribution in [3.63, 3.8) is 0 Å². The van der Waals surface area contributed by atoms with E-state index in [0.29, 0.717) is 19.0 Å². The number of aromatic nitrogens is 4. The quantitative estimate of drug-likeness (QED) is 0.543. The zero-order chi connectivity index (χ0) is 19.8. The first-order valence-electron chi connectivity index (χ1n) is 9.65. The largest absolute Gasteiger partial charge is 0.378 e. The third-order valence-electron chi connectivity index (χ3n) is 5.19. The molecule has 5 heterocycles. The van der Waals surface area contributed by atoms with Crippen LogP contribution in [0, 0.1) is 0 Å². The van der Waals surface area contributed by atoms with Crippen molar-refractivity contribution in [2.75, 3.05) is 31.2 Å². The fourth-order valence-corrected chi connectivity index (χ4v) is 4.87. The number of anilines is 1. The summed E-state index contributed by atoms with van der Waals surface area (Å²) in [6, 6.07) is 6.09. The lowest BCUT2D eigenvalue weighted by molar-refractivity contribution is 0.122. The molecule has 1 aliphatic heterocycles. The zero-order valence-corrected chi connectivity index (χ0v) is 17.0. The summed E-state index contributed by atoms with van der Waals surface area (Å²) >= 11 is 1.65. The maximum Gasteiger partial charge on any atom is 0.162 e. The van der Waals surface area contributed by atoms with E-state index in [4.69, 9.17) is 14.7 Å². The van der Waals surface area contributed by atoms with Gasteiger partial charge in [0, 0.05) is 47.7 Å². The molecule has 1 N–H and O–H groups in total. The van der Waals surface area contributed by atoms with Crippen molar-refractivity contribution in [2.24, 2.45) is 0 Å². The Hall–Kier alpha value is -3.03. The minimum absolute atomic E-state index is 0.707. The topological polar surface area (TPSA) is 66.9 Å². The molecule has 4 aromatic heterocycles. The number of H-pyrrole nitrogens is 1. The molecule has 4 aromatic rings. The van der Waals surface area contributed by atoms with Crippen LogP contribution in [-0.2, 0) is 4.74 Å². The van der Waals surface area contributed by atoms with E-state index < -0.39 is 0 Å². The third-order valence-corrected chi connectivity index (χ3v) is 6.28. The van der Waals surface area contributed by atoms with Gasteiger partial charge in [0.2, 0.25) is 0 Å². The van der Waals surface area contributed by atoms with Gasteiger partial charge in [0.05, 0.1) is 23.4 Å². The van der Waals surface area contributed by atoms with Gasteiger partial charge in [-0.2, -0.15) is 0 Å². The highest BCUT2D eigenvalue weighted by atomic mass is 32.1. The smallest absolute Gasteiger partial charge is 0.162 e. The molecule has 0 aromatic carbocycles. The lowest BCUT2D eigenvalue weighted by Gasteiger charge is -2.28. The molecule has 6 nitrogen and oxygen atoms in total. The molecule has 0 amide bonds. The molecule has 0 unspecified atom stereocenters. The minimum atomic E-state index is 0.707. The van der Waals surface area contributed by atoms with E-state index >= 15 is 0 Å². The molecule has 0 spiro atoms. The van der Waals surface area contributed by atoms with E-state index in [1.54, 1.807) is 11.3 Å². The molecule has 146 valence electrons. The standard InChI is InChI=1S/C22H21N5OS/c1-3-14(15-7-9-23-17(15)4-2)20-25-18-16-6-5-8-24-22(16)29-19(18)21(26-20)27-10-12-28-13-11-27/h3-9,23H,2,10-13H2,1H3/b14-3+. The monoisotopic (exact) mass is 403 g/mol. The number of nitrogens with zero attached hydrogens (tertiary/aromatic N) is 4. The van der Waals surface area contributed by atoms with Gasteiger partial charge in [0.1, 0.15) is 4.83 Å². The van der Waals surface area contributed by atoms with E-state index in [0.717, 1.165) is 56.2 Å². The van der Waals surface area contributed by atoms with Crippen LogP contribution in [0.3, 0.4) is 0 Å². The van der Waals surface area contributed by atoms with Crippen molar-refractivity contribution in [3.05, 3.63) is 60.3 Å². The van der Waals surface area contributed by atoms with Crippen LogP contribution < -0.4 is 4.90 Å². The summed E-state index contributed by atoms with van der Waals surface area (Å²) in [4.78, 5) is 21.1. The Morgan fingerprint density at radius 1 is 1.28 bits per heavy atom. The normalized spacial score (nSPS) is 15.3. The zero-order valence-electron chi connectivity index (χ0n) is 16.2. The second kappa shape index (κ2) is 7.42. The summed E-state index contributed by atoms with van der Waals surface area (Å²) in [6.45, 7) is 8.99. The summed E-state index contributed by atoms with van der Waals surface area (Å²) in [5.74, 6) is 1.68. The first kappa shape index (κ1) is 18.0. The van der Waals surface area contributed by atoms with Gasteiger partial charge < -0.3 is 14.6 Å². The fourth-order valence-electron chi connectivity index (χ4n) is 3.77. The lowest BCUT2D eigenvalue weighted by Crippen LogP contribution is -2.37. The Labute approximate surface area is 172 Å². The Balaban J connectivity index is 1.77. The van der Waals surface area contributed by atoms with Crippen LogP contribution in [-0.4, -0.2) is 46.2 Å². The first-order valence-corrected chi connectivity index (χ1v) is 10.5. The Morgan fingerprint density at radius 3 is 2.93 bits per heavy atom. The van der Waals surface area contributed by atoms with Crippen molar-refractivity contribution in [1.82, 2.24) is 19.9 Å². The van der Waals surface area contributed by atoms with Crippen LogP contribution >= 0.6 is 11.3 Å². The number of aromatic amines is 1. The number of pyridine rings is 1. The van der Waals surface area contributed by atoms with Gasteiger partial charge in [-0.1, -0.05) is 12.7 Å². The molecule has 0 bridgehead atoms. The summed E-state index contributed by atoms with van der Waals surface area (Å²) in [5, 5.41) is 1.07.